The minimum atomic E-state index is -1.62. The zero-order valence-corrected chi connectivity index (χ0v) is 53.2. The molecule has 0 heterocycles. The number of esters is 2. The first-order chi connectivity index (χ1) is 41.0. The molecule has 85 heavy (non-hydrogen) atoms. The fraction of sp³-hybridized carbons (Fsp3) is 0.852. The predicted octanol–water partition coefficient (Wildman–Crippen LogP) is 5.32. The van der Waals surface area contributed by atoms with E-state index in [1.54, 1.807) is 0 Å². The van der Waals surface area contributed by atoms with Crippen molar-refractivity contribution in [2.24, 2.45) is 22.9 Å². The highest BCUT2D eigenvalue weighted by Crippen LogP contribution is 2.16. The first-order valence-corrected chi connectivity index (χ1v) is 33.6. The van der Waals surface area contributed by atoms with E-state index in [0.29, 0.717) is 83.7 Å². The molecule has 0 aliphatic heterocycles. The summed E-state index contributed by atoms with van der Waals surface area (Å²) in [6.07, 6.45) is 23.0. The van der Waals surface area contributed by atoms with Crippen LogP contribution in [-0.2, 0) is 52.6 Å². The van der Waals surface area contributed by atoms with Crippen molar-refractivity contribution >= 4 is 65.1 Å². The lowest BCUT2D eigenvalue weighted by molar-refractivity contribution is -0.157. The van der Waals surface area contributed by atoms with Gasteiger partial charge >= 0.3 is 17.9 Å². The number of aliphatic hydroxyl groups excluding tert-OH is 1. The number of carbonyl (C=O) groups is 9. The lowest BCUT2D eigenvalue weighted by atomic mass is 10.0. The van der Waals surface area contributed by atoms with Crippen molar-refractivity contribution in [3.05, 3.63) is 0 Å². The minimum absolute atomic E-state index is 0.0375. The molecule has 0 rings (SSSR count). The Bertz CT molecular complexity index is 1820. The van der Waals surface area contributed by atoms with Crippen LogP contribution in [0.2, 0.25) is 0 Å². The van der Waals surface area contributed by atoms with Gasteiger partial charge in [-0.3, -0.25) is 38.4 Å². The molecule has 0 fully saturated rings. The van der Waals surface area contributed by atoms with Gasteiger partial charge < -0.3 is 74.5 Å². The Labute approximate surface area is 513 Å². The highest BCUT2D eigenvalue weighted by Gasteiger charge is 2.33. The SMILES string of the molecule is CCCCCCCCCCCCCCCC(=O)N[C@H](CSCC(COC(=O)CCCCC)OC(=O)CCCCC)C(=O)N[C@@H](CO)C(=O)N[C@@H](CCCCN)C(=O)N[C@@H](CCCCN)C(=O)N[C@@H](CCCCN)C(=O)N[C@@H](CCCCN)C(=O)O. The summed E-state index contributed by atoms with van der Waals surface area (Å²) in [6, 6.07) is -7.84. The van der Waals surface area contributed by atoms with Crippen LogP contribution in [-0.4, -0.2) is 157 Å². The van der Waals surface area contributed by atoms with Crippen LogP contribution in [0.3, 0.4) is 0 Å². The third-order valence-corrected chi connectivity index (χ3v) is 15.7. The van der Waals surface area contributed by atoms with Crippen molar-refractivity contribution in [2.45, 2.75) is 281 Å². The van der Waals surface area contributed by atoms with Crippen molar-refractivity contribution in [3.63, 3.8) is 0 Å². The summed E-state index contributed by atoms with van der Waals surface area (Å²) < 4.78 is 11.3. The van der Waals surface area contributed by atoms with Crippen molar-refractivity contribution in [1.29, 1.82) is 0 Å². The molecule has 1 unspecified atom stereocenters. The number of carboxylic acid groups (broad SMARTS) is 1. The predicted molar refractivity (Wildman–Crippen MR) is 335 cm³/mol. The van der Waals surface area contributed by atoms with E-state index in [1.807, 2.05) is 13.8 Å². The number of thioether (sulfide) groups is 1. The van der Waals surface area contributed by atoms with Crippen molar-refractivity contribution in [3.8, 4) is 0 Å². The number of unbranched alkanes of at least 4 members (excludes halogenated alkanes) is 20. The molecule has 7 atom stereocenters. The van der Waals surface area contributed by atoms with E-state index in [9.17, 15) is 53.4 Å². The average Bonchev–Trinajstić information content (AvgIpc) is 3.69. The lowest BCUT2D eigenvalue weighted by Gasteiger charge is -2.27. The first-order valence-electron chi connectivity index (χ1n) is 32.4. The van der Waals surface area contributed by atoms with Crippen LogP contribution in [0.5, 0.6) is 0 Å². The number of aliphatic carboxylic acids is 1. The van der Waals surface area contributed by atoms with Crippen molar-refractivity contribution < 1.29 is 62.8 Å². The molecule has 0 saturated carbocycles. The number of nitrogens with one attached hydrogen (secondary N) is 6. The van der Waals surface area contributed by atoms with E-state index in [2.05, 4.69) is 38.8 Å². The van der Waals surface area contributed by atoms with Crippen LogP contribution in [0, 0.1) is 0 Å². The average molecular weight is 1230 g/mol. The number of hydrogen-bond acceptors (Lipinski definition) is 17. The van der Waals surface area contributed by atoms with Crippen LogP contribution < -0.4 is 54.8 Å². The summed E-state index contributed by atoms with van der Waals surface area (Å²) in [5.41, 5.74) is 22.9. The van der Waals surface area contributed by atoms with E-state index < -0.39 is 102 Å². The highest BCUT2D eigenvalue weighted by atomic mass is 32.2. The molecular formula is C61H116N10O13S. The molecule has 0 saturated heterocycles. The Morgan fingerprint density at radius 3 is 1.14 bits per heavy atom. The molecule has 0 aromatic rings. The summed E-state index contributed by atoms with van der Waals surface area (Å²) in [5.74, 6) is -6.49. The van der Waals surface area contributed by atoms with Gasteiger partial charge in [-0.1, -0.05) is 124 Å². The molecule has 0 aliphatic carbocycles. The third kappa shape index (κ3) is 42.8. The normalized spacial score (nSPS) is 13.7. The molecule has 0 aromatic heterocycles. The molecule has 24 heteroatoms. The second kappa shape index (κ2) is 54.7. The number of ether oxygens (including phenoxy) is 2. The fourth-order valence-corrected chi connectivity index (χ4v) is 10.4. The van der Waals surface area contributed by atoms with Gasteiger partial charge in [-0.2, -0.15) is 11.8 Å². The molecule has 0 radical (unpaired) electrons. The third-order valence-electron chi connectivity index (χ3n) is 14.6. The fourth-order valence-electron chi connectivity index (χ4n) is 9.32. The maximum atomic E-state index is 14.3. The summed E-state index contributed by atoms with van der Waals surface area (Å²) in [4.78, 5) is 121. The van der Waals surface area contributed by atoms with Gasteiger partial charge in [0.05, 0.1) is 6.61 Å². The molecule has 0 aromatic carbocycles. The number of aliphatic hydroxyl groups is 1. The van der Waals surface area contributed by atoms with Gasteiger partial charge in [-0.15, -0.1) is 0 Å². The summed E-state index contributed by atoms with van der Waals surface area (Å²) in [7, 11) is 0. The Balaban J connectivity index is 6.53. The van der Waals surface area contributed by atoms with Crippen molar-refractivity contribution in [1.82, 2.24) is 31.9 Å². The quantitative estimate of drug-likeness (QED) is 0.0271. The summed E-state index contributed by atoms with van der Waals surface area (Å²) in [6.45, 7) is 6.35. The van der Waals surface area contributed by atoms with E-state index >= 15 is 0 Å². The van der Waals surface area contributed by atoms with Crippen molar-refractivity contribution in [2.75, 3.05) is 50.9 Å². The van der Waals surface area contributed by atoms with Crippen LogP contribution in [0.15, 0.2) is 0 Å². The zero-order valence-electron chi connectivity index (χ0n) is 52.3. The number of carboxylic acids is 1. The van der Waals surface area contributed by atoms with E-state index in [0.717, 1.165) is 51.4 Å². The Hall–Kier alpha value is -4.62. The standard InChI is InChI=1S/C61H116N10O13S/c1-4-7-10-11-12-13-14-15-16-17-18-19-22-35-53(73)66-52(45-85-44-46(84-55(75)37-21-9-6-3)43-83-54(74)36-20-8-5-2)60(80)71-51(42-72)59(79)69-48(32-24-28-39-63)57(77)67-47(31-23-27-38-62)56(76)68-49(33-25-29-40-64)58(78)70-50(61(81)82)34-26-30-41-65/h46-52,72H,4-45,62-65H2,1-3H3,(H,66,73)(H,67,77)(H,68,76)(H,69,79)(H,70,78)(H,71,80)(H,81,82)/t46?,47-,48-,49-,50-,51-,52+/m0/s1. The monoisotopic (exact) mass is 1230 g/mol. The van der Waals surface area contributed by atoms with Gasteiger partial charge in [0.1, 0.15) is 49.0 Å². The van der Waals surface area contributed by atoms with E-state index in [-0.39, 0.29) is 76.1 Å². The second-order valence-electron chi connectivity index (χ2n) is 22.3. The maximum Gasteiger partial charge on any atom is 0.326 e. The molecule has 0 bridgehead atoms. The number of carbonyl (C=O) groups excluding carboxylic acids is 8. The van der Waals surface area contributed by atoms with E-state index in [4.69, 9.17) is 32.4 Å². The smallest absolute Gasteiger partial charge is 0.326 e. The number of amides is 6. The van der Waals surface area contributed by atoms with Gasteiger partial charge in [0.25, 0.3) is 0 Å². The summed E-state index contributed by atoms with van der Waals surface area (Å²) in [5, 5.41) is 36.4. The Morgan fingerprint density at radius 2 is 0.729 bits per heavy atom. The van der Waals surface area contributed by atoms with Gasteiger partial charge in [-0.05, 0) is 122 Å². The van der Waals surface area contributed by atoms with E-state index in [1.165, 1.54) is 63.1 Å². The molecular weight excluding hydrogens is 1110 g/mol. The van der Waals surface area contributed by atoms with Crippen LogP contribution >= 0.6 is 11.8 Å². The lowest BCUT2D eigenvalue weighted by Crippen LogP contribution is -2.60. The van der Waals surface area contributed by atoms with Crippen LogP contribution in [0.4, 0.5) is 0 Å². The van der Waals surface area contributed by atoms with Gasteiger partial charge in [0, 0.05) is 30.8 Å². The zero-order chi connectivity index (χ0) is 63.3. The molecule has 0 aliphatic rings. The van der Waals surface area contributed by atoms with Crippen LogP contribution in [0.25, 0.3) is 0 Å². The van der Waals surface area contributed by atoms with Gasteiger partial charge in [0.15, 0.2) is 0 Å². The highest BCUT2D eigenvalue weighted by molar-refractivity contribution is 7.99. The minimum Gasteiger partial charge on any atom is -0.480 e. The first kappa shape index (κ1) is 80.4. The number of hydrogen-bond donors (Lipinski definition) is 12. The van der Waals surface area contributed by atoms with Crippen LogP contribution in [0.1, 0.15) is 239 Å². The molecule has 23 nitrogen and oxygen atoms in total. The Morgan fingerprint density at radius 1 is 0.388 bits per heavy atom. The molecule has 494 valence electrons. The number of nitrogens with two attached hydrogens (primary N) is 4. The maximum absolute atomic E-state index is 14.3. The number of rotatable bonds is 58. The molecule has 6 amide bonds. The second-order valence-corrected chi connectivity index (χ2v) is 23.4. The van der Waals surface area contributed by atoms with Gasteiger partial charge in [0.2, 0.25) is 35.4 Å². The topological polar surface area (TPSA) is 389 Å². The molecule has 16 N–H and O–H groups in total. The summed E-state index contributed by atoms with van der Waals surface area (Å²) >= 11 is 1.17. The largest absolute Gasteiger partial charge is 0.480 e. The Kier molecular flexibility index (Phi) is 51.8. The molecule has 0 spiro atoms. The van der Waals surface area contributed by atoms with Gasteiger partial charge in [-0.25, -0.2) is 4.79 Å².